The third-order valence-corrected chi connectivity index (χ3v) is 5.87. The first kappa shape index (κ1) is 17.8. The van der Waals surface area contributed by atoms with Crippen LogP contribution in [-0.2, 0) is 12.8 Å². The molecule has 0 saturated carbocycles. The van der Waals surface area contributed by atoms with Crippen LogP contribution in [0.5, 0.6) is 0 Å². The second kappa shape index (κ2) is 6.77. The smallest absolute Gasteiger partial charge is 0.256 e. The molecule has 31 heavy (non-hydrogen) atoms. The molecule has 0 aliphatic heterocycles. The first-order valence-corrected chi connectivity index (χ1v) is 10.2. The van der Waals surface area contributed by atoms with Crippen LogP contribution in [-0.4, -0.2) is 10.9 Å². The Balaban J connectivity index is 1.35. The monoisotopic (exact) mass is 408 g/mol. The zero-order valence-electron chi connectivity index (χ0n) is 16.5. The standard InChI is InChI=1S/C26H17FN2O2/c27-21-7-2-1-5-20(21)26-29-22-14-17(11-13-23(22)31-26)28-25(30)19-12-10-16-9-8-15-4-3-6-18(19)24(15)16/h1-7,10-14H,8-9H2,(H,28,30). The number of oxazole rings is 1. The molecule has 5 aromatic rings. The summed E-state index contributed by atoms with van der Waals surface area (Å²) in [6.07, 6.45) is 2.04. The molecule has 1 amide bonds. The quantitative estimate of drug-likeness (QED) is 0.390. The molecule has 0 radical (unpaired) electrons. The van der Waals surface area contributed by atoms with Crippen molar-refractivity contribution in [3.63, 3.8) is 0 Å². The van der Waals surface area contributed by atoms with E-state index in [4.69, 9.17) is 4.42 Å². The molecule has 1 aliphatic carbocycles. The number of amides is 1. The van der Waals surface area contributed by atoms with E-state index >= 15 is 0 Å². The fourth-order valence-corrected chi connectivity index (χ4v) is 4.40. The molecule has 5 heteroatoms. The van der Waals surface area contributed by atoms with E-state index in [0.29, 0.717) is 27.9 Å². The lowest BCUT2D eigenvalue weighted by Crippen LogP contribution is -2.12. The second-order valence-electron chi connectivity index (χ2n) is 7.75. The Morgan fingerprint density at radius 3 is 2.65 bits per heavy atom. The van der Waals surface area contributed by atoms with Gasteiger partial charge in [0.15, 0.2) is 5.58 Å². The van der Waals surface area contributed by atoms with Gasteiger partial charge in [-0.05, 0) is 71.1 Å². The summed E-state index contributed by atoms with van der Waals surface area (Å²) >= 11 is 0. The van der Waals surface area contributed by atoms with Crippen LogP contribution in [0, 0.1) is 5.82 Å². The molecule has 1 heterocycles. The van der Waals surface area contributed by atoms with E-state index < -0.39 is 5.82 Å². The van der Waals surface area contributed by atoms with Gasteiger partial charge in [0, 0.05) is 11.3 Å². The van der Waals surface area contributed by atoms with Gasteiger partial charge in [0.2, 0.25) is 5.89 Å². The summed E-state index contributed by atoms with van der Waals surface area (Å²) in [6, 6.07) is 21.7. The lowest BCUT2D eigenvalue weighted by Gasteiger charge is -2.10. The molecule has 4 nitrogen and oxygen atoms in total. The average Bonchev–Trinajstić information content (AvgIpc) is 3.39. The molecule has 6 rings (SSSR count). The summed E-state index contributed by atoms with van der Waals surface area (Å²) in [5.41, 5.74) is 5.23. The maximum atomic E-state index is 14.1. The predicted molar refractivity (Wildman–Crippen MR) is 119 cm³/mol. The molecule has 1 aromatic heterocycles. The average molecular weight is 408 g/mol. The van der Waals surface area contributed by atoms with Gasteiger partial charge >= 0.3 is 0 Å². The fraction of sp³-hybridized carbons (Fsp3) is 0.0769. The summed E-state index contributed by atoms with van der Waals surface area (Å²) in [4.78, 5) is 17.5. The second-order valence-corrected chi connectivity index (χ2v) is 7.75. The number of halogens is 1. The molecule has 0 unspecified atom stereocenters. The van der Waals surface area contributed by atoms with E-state index in [-0.39, 0.29) is 11.8 Å². The van der Waals surface area contributed by atoms with Gasteiger partial charge in [0.25, 0.3) is 5.91 Å². The summed E-state index contributed by atoms with van der Waals surface area (Å²) in [6.45, 7) is 0. The SMILES string of the molecule is O=C(Nc1ccc2oc(-c3ccccc3F)nc2c1)c1ccc2c3c(cccc13)CC2. The van der Waals surface area contributed by atoms with Crippen LogP contribution in [0.25, 0.3) is 33.3 Å². The van der Waals surface area contributed by atoms with Crippen molar-refractivity contribution in [2.45, 2.75) is 12.8 Å². The van der Waals surface area contributed by atoms with Gasteiger partial charge in [0.1, 0.15) is 11.3 Å². The van der Waals surface area contributed by atoms with Crippen LogP contribution < -0.4 is 5.32 Å². The largest absolute Gasteiger partial charge is 0.436 e. The van der Waals surface area contributed by atoms with Gasteiger partial charge in [-0.3, -0.25) is 4.79 Å². The number of rotatable bonds is 3. The highest BCUT2D eigenvalue weighted by molar-refractivity contribution is 6.14. The molecular weight excluding hydrogens is 391 g/mol. The predicted octanol–water partition coefficient (Wildman–Crippen LogP) is 6.14. The molecule has 1 aliphatic rings. The number of aromatic nitrogens is 1. The van der Waals surface area contributed by atoms with Crippen molar-refractivity contribution in [1.82, 2.24) is 4.98 Å². The first-order chi connectivity index (χ1) is 15.2. The van der Waals surface area contributed by atoms with Crippen molar-refractivity contribution in [2.75, 3.05) is 5.32 Å². The van der Waals surface area contributed by atoms with Crippen LogP contribution >= 0.6 is 0 Å². The molecule has 1 N–H and O–H groups in total. The van der Waals surface area contributed by atoms with Crippen molar-refractivity contribution in [3.8, 4) is 11.5 Å². The lowest BCUT2D eigenvalue weighted by atomic mass is 9.99. The van der Waals surface area contributed by atoms with Gasteiger partial charge in [-0.15, -0.1) is 0 Å². The van der Waals surface area contributed by atoms with Gasteiger partial charge in [0.05, 0.1) is 5.56 Å². The number of carbonyl (C=O) groups excluding carboxylic acids is 1. The Bertz CT molecular complexity index is 1490. The Labute approximate surface area is 177 Å². The number of benzene rings is 4. The fourth-order valence-electron chi connectivity index (χ4n) is 4.40. The third-order valence-electron chi connectivity index (χ3n) is 5.87. The molecule has 0 bridgehead atoms. The number of hydrogen-bond donors (Lipinski definition) is 1. The number of anilines is 1. The van der Waals surface area contributed by atoms with Crippen molar-refractivity contribution >= 4 is 33.5 Å². The van der Waals surface area contributed by atoms with E-state index in [1.54, 1.807) is 36.4 Å². The van der Waals surface area contributed by atoms with Crippen LogP contribution in [0.3, 0.4) is 0 Å². The highest BCUT2D eigenvalue weighted by Gasteiger charge is 2.19. The molecule has 0 spiro atoms. The van der Waals surface area contributed by atoms with Crippen LogP contribution in [0.2, 0.25) is 0 Å². The van der Waals surface area contributed by atoms with E-state index in [1.165, 1.54) is 22.6 Å². The van der Waals surface area contributed by atoms with Crippen molar-refractivity contribution in [3.05, 3.63) is 95.3 Å². The Hall–Kier alpha value is -3.99. The summed E-state index contributed by atoms with van der Waals surface area (Å²) < 4.78 is 19.8. The van der Waals surface area contributed by atoms with Crippen molar-refractivity contribution < 1.29 is 13.6 Å². The van der Waals surface area contributed by atoms with E-state index in [1.807, 2.05) is 18.2 Å². The Kier molecular flexibility index (Phi) is 3.90. The highest BCUT2D eigenvalue weighted by Crippen LogP contribution is 2.33. The minimum absolute atomic E-state index is 0.173. The van der Waals surface area contributed by atoms with Crippen LogP contribution in [0.4, 0.5) is 10.1 Å². The number of aryl methyl sites for hydroxylation is 2. The lowest BCUT2D eigenvalue weighted by molar-refractivity contribution is 0.102. The highest BCUT2D eigenvalue weighted by atomic mass is 19.1. The molecule has 0 saturated heterocycles. The number of fused-ring (bicyclic) bond motifs is 1. The van der Waals surface area contributed by atoms with Crippen LogP contribution in [0.15, 0.2) is 77.2 Å². The van der Waals surface area contributed by atoms with E-state index in [0.717, 1.165) is 18.2 Å². The zero-order valence-corrected chi connectivity index (χ0v) is 16.5. The normalized spacial score (nSPS) is 12.5. The van der Waals surface area contributed by atoms with Crippen molar-refractivity contribution in [2.24, 2.45) is 0 Å². The van der Waals surface area contributed by atoms with Gasteiger partial charge in [-0.1, -0.05) is 36.4 Å². The van der Waals surface area contributed by atoms with Gasteiger partial charge in [-0.25, -0.2) is 9.37 Å². The van der Waals surface area contributed by atoms with E-state index in [2.05, 4.69) is 22.4 Å². The number of carbonyl (C=O) groups is 1. The Morgan fingerprint density at radius 1 is 0.935 bits per heavy atom. The van der Waals surface area contributed by atoms with Gasteiger partial charge < -0.3 is 9.73 Å². The maximum absolute atomic E-state index is 14.1. The minimum atomic E-state index is -0.394. The molecule has 0 atom stereocenters. The number of nitrogens with one attached hydrogen (secondary N) is 1. The number of nitrogens with zero attached hydrogens (tertiary/aromatic N) is 1. The first-order valence-electron chi connectivity index (χ1n) is 10.2. The Morgan fingerprint density at radius 2 is 1.77 bits per heavy atom. The maximum Gasteiger partial charge on any atom is 0.256 e. The molecule has 4 aromatic carbocycles. The third kappa shape index (κ3) is 2.89. The van der Waals surface area contributed by atoms with Gasteiger partial charge in [-0.2, -0.15) is 0 Å². The molecule has 150 valence electrons. The summed E-state index contributed by atoms with van der Waals surface area (Å²) in [5.74, 6) is -0.355. The molecule has 0 fully saturated rings. The molecular formula is C26H17FN2O2. The minimum Gasteiger partial charge on any atom is -0.436 e. The zero-order chi connectivity index (χ0) is 20.9. The van der Waals surface area contributed by atoms with Crippen LogP contribution in [0.1, 0.15) is 21.5 Å². The van der Waals surface area contributed by atoms with Crippen molar-refractivity contribution in [1.29, 1.82) is 0 Å². The summed E-state index contributed by atoms with van der Waals surface area (Å²) in [7, 11) is 0. The summed E-state index contributed by atoms with van der Waals surface area (Å²) in [5, 5.41) is 5.15. The number of hydrogen-bond acceptors (Lipinski definition) is 3. The van der Waals surface area contributed by atoms with E-state index in [9.17, 15) is 9.18 Å². The topological polar surface area (TPSA) is 55.1 Å².